The second-order valence-electron chi connectivity index (χ2n) is 5.40. The average molecular weight is 316 g/mol. The van der Waals surface area contributed by atoms with Gasteiger partial charge < -0.3 is 10.0 Å². The summed E-state index contributed by atoms with van der Waals surface area (Å²) in [5, 5.41) is 11.2. The molecule has 1 aliphatic heterocycles. The Labute approximate surface area is 134 Å². The average Bonchev–Trinajstić information content (AvgIpc) is 2.56. The third-order valence-corrected chi connectivity index (χ3v) is 4.50. The molecule has 2 aromatic carbocycles. The van der Waals surface area contributed by atoms with Crippen molar-refractivity contribution < 1.29 is 14.4 Å². The van der Waals surface area contributed by atoms with Gasteiger partial charge in [0.1, 0.15) is 4.99 Å². The molecule has 2 aromatic rings. The van der Waals surface area contributed by atoms with Crippen LogP contribution in [0.3, 0.4) is 0 Å². The molecule has 22 heavy (non-hydrogen) atoms. The van der Waals surface area contributed by atoms with Gasteiger partial charge in [-0.25, -0.2) is 4.39 Å². The number of nitrogens with one attached hydrogen (secondary N) is 1. The van der Waals surface area contributed by atoms with Crippen LogP contribution >= 0.6 is 12.2 Å². The molecule has 0 radical (unpaired) electrons. The van der Waals surface area contributed by atoms with Gasteiger partial charge >= 0.3 is 0 Å². The summed E-state index contributed by atoms with van der Waals surface area (Å²) in [7, 11) is 0. The molecule has 3 rings (SSSR count). The fourth-order valence-corrected chi connectivity index (χ4v) is 3.10. The van der Waals surface area contributed by atoms with Gasteiger partial charge in [-0.2, -0.15) is 0 Å². The zero-order valence-electron chi connectivity index (χ0n) is 12.1. The summed E-state index contributed by atoms with van der Waals surface area (Å²) in [5.41, 5.74) is 1.62. The molecule has 0 amide bonds. The zero-order chi connectivity index (χ0) is 15.5. The molecule has 0 spiro atoms. The van der Waals surface area contributed by atoms with Crippen molar-refractivity contribution in [2.24, 2.45) is 0 Å². The van der Waals surface area contributed by atoms with E-state index in [0.29, 0.717) is 0 Å². The van der Waals surface area contributed by atoms with Crippen molar-refractivity contribution in [3.63, 3.8) is 0 Å². The second kappa shape index (κ2) is 6.42. The molecule has 1 saturated heterocycles. The number of piperazine rings is 1. The van der Waals surface area contributed by atoms with E-state index in [4.69, 9.17) is 12.2 Å². The molecule has 1 heterocycles. The summed E-state index contributed by atoms with van der Waals surface area (Å²) in [5.74, 6) is -0.167. The van der Waals surface area contributed by atoms with Gasteiger partial charge in [0.15, 0.2) is 11.5 Å². The Hall–Kier alpha value is -1.98. The van der Waals surface area contributed by atoms with Crippen molar-refractivity contribution in [1.29, 1.82) is 0 Å². The summed E-state index contributed by atoms with van der Waals surface area (Å²) >= 11 is 5.51. The topological polar surface area (TPSA) is 30.7 Å². The van der Waals surface area contributed by atoms with Gasteiger partial charge in [-0.15, -0.1) is 5.75 Å². The Balaban J connectivity index is 1.65. The SMILES string of the molecule is [O-]c1ccc(C(=S)N2CC[NH+](c3ccccc3F)CC2)cc1. The van der Waals surface area contributed by atoms with Crippen LogP contribution < -0.4 is 10.0 Å². The highest BCUT2D eigenvalue weighted by atomic mass is 32.1. The van der Waals surface area contributed by atoms with Crippen molar-refractivity contribution in [3.05, 3.63) is 59.9 Å². The molecule has 1 aliphatic rings. The molecule has 3 nitrogen and oxygen atoms in total. The summed E-state index contributed by atoms with van der Waals surface area (Å²) in [6, 6.07) is 13.5. The van der Waals surface area contributed by atoms with Crippen LogP contribution in [-0.2, 0) is 0 Å². The van der Waals surface area contributed by atoms with Crippen molar-refractivity contribution in [1.82, 2.24) is 4.90 Å². The van der Waals surface area contributed by atoms with Gasteiger partial charge in [0.05, 0.1) is 26.2 Å². The molecular formula is C17H17FN2OS. The molecule has 0 aromatic heterocycles. The standard InChI is InChI=1S/C17H17FN2OS/c18-15-3-1-2-4-16(15)19-9-11-20(12-10-19)17(22)13-5-7-14(21)8-6-13/h1-8,21H,9-12H2. The Bertz CT molecular complexity index is 667. The van der Waals surface area contributed by atoms with Gasteiger partial charge in [-0.1, -0.05) is 48.6 Å². The molecule has 0 aliphatic carbocycles. The largest absolute Gasteiger partial charge is 0.872 e. The summed E-state index contributed by atoms with van der Waals surface area (Å²) < 4.78 is 13.8. The molecule has 0 saturated carbocycles. The Kier molecular flexibility index (Phi) is 4.36. The Morgan fingerprint density at radius 1 is 1.05 bits per heavy atom. The Morgan fingerprint density at radius 3 is 2.32 bits per heavy atom. The van der Waals surface area contributed by atoms with E-state index in [9.17, 15) is 9.50 Å². The first-order valence-corrected chi connectivity index (χ1v) is 7.72. The van der Waals surface area contributed by atoms with E-state index >= 15 is 0 Å². The number of rotatable bonds is 2. The minimum Gasteiger partial charge on any atom is -0.872 e. The predicted octanol–water partition coefficient (Wildman–Crippen LogP) is 1.11. The molecule has 0 bridgehead atoms. The lowest BCUT2D eigenvalue weighted by atomic mass is 10.1. The fraction of sp³-hybridized carbons (Fsp3) is 0.235. The minimum atomic E-state index is -0.153. The van der Waals surface area contributed by atoms with E-state index in [1.807, 2.05) is 12.1 Å². The van der Waals surface area contributed by atoms with Crippen molar-refractivity contribution in [3.8, 4) is 5.75 Å². The predicted molar refractivity (Wildman–Crippen MR) is 85.9 cm³/mol. The number of hydrogen-bond acceptors (Lipinski definition) is 2. The molecule has 5 heteroatoms. The van der Waals surface area contributed by atoms with Crippen LogP contribution in [0.4, 0.5) is 10.1 Å². The number of benzene rings is 2. The normalized spacial score (nSPS) is 15.8. The zero-order valence-corrected chi connectivity index (χ0v) is 12.9. The maximum atomic E-state index is 13.8. The molecule has 114 valence electrons. The first kappa shape index (κ1) is 14.9. The van der Waals surface area contributed by atoms with Crippen LogP contribution in [-0.4, -0.2) is 36.1 Å². The molecule has 1 fully saturated rings. The molecule has 0 atom stereocenters. The summed E-state index contributed by atoms with van der Waals surface area (Å²) in [6.07, 6.45) is 0. The molecule has 1 N–H and O–H groups in total. The number of nitrogens with zero attached hydrogens (tertiary/aromatic N) is 1. The van der Waals surface area contributed by atoms with Crippen molar-refractivity contribution in [2.75, 3.05) is 26.2 Å². The fourth-order valence-electron chi connectivity index (χ4n) is 2.78. The highest BCUT2D eigenvalue weighted by Crippen LogP contribution is 2.12. The number of halogens is 1. The number of thiocarbonyl (C=S) groups is 1. The van der Waals surface area contributed by atoms with E-state index in [0.717, 1.165) is 47.3 Å². The van der Waals surface area contributed by atoms with E-state index in [1.165, 1.54) is 18.2 Å². The second-order valence-corrected chi connectivity index (χ2v) is 5.79. The maximum absolute atomic E-state index is 13.8. The molecular weight excluding hydrogens is 299 g/mol. The van der Waals surface area contributed by atoms with Crippen molar-refractivity contribution >= 4 is 22.9 Å². The highest BCUT2D eigenvalue weighted by Gasteiger charge is 2.25. The van der Waals surface area contributed by atoms with Crippen LogP contribution in [0, 0.1) is 5.82 Å². The van der Waals surface area contributed by atoms with Crippen LogP contribution in [0.5, 0.6) is 5.75 Å². The third kappa shape index (κ3) is 3.10. The van der Waals surface area contributed by atoms with Gasteiger partial charge in [0.25, 0.3) is 0 Å². The van der Waals surface area contributed by atoms with E-state index in [-0.39, 0.29) is 11.6 Å². The maximum Gasteiger partial charge on any atom is 0.183 e. The third-order valence-electron chi connectivity index (χ3n) is 4.01. The highest BCUT2D eigenvalue weighted by molar-refractivity contribution is 7.80. The van der Waals surface area contributed by atoms with Gasteiger partial charge in [-0.3, -0.25) is 4.90 Å². The van der Waals surface area contributed by atoms with Crippen molar-refractivity contribution in [2.45, 2.75) is 0 Å². The summed E-state index contributed by atoms with van der Waals surface area (Å²) in [6.45, 7) is 3.17. The van der Waals surface area contributed by atoms with Gasteiger partial charge in [0, 0.05) is 11.6 Å². The van der Waals surface area contributed by atoms with Crippen LogP contribution in [0.1, 0.15) is 5.56 Å². The van der Waals surface area contributed by atoms with Crippen LogP contribution in [0.25, 0.3) is 0 Å². The van der Waals surface area contributed by atoms with Gasteiger partial charge in [0.2, 0.25) is 0 Å². The van der Waals surface area contributed by atoms with Crippen LogP contribution in [0.2, 0.25) is 0 Å². The summed E-state index contributed by atoms with van der Waals surface area (Å²) in [4.78, 5) is 4.03. The number of quaternary nitrogens is 1. The van der Waals surface area contributed by atoms with E-state index in [2.05, 4.69) is 4.90 Å². The molecule has 0 unspecified atom stereocenters. The first-order chi connectivity index (χ1) is 10.6. The lowest BCUT2D eigenvalue weighted by Gasteiger charge is -2.33. The smallest absolute Gasteiger partial charge is 0.183 e. The Morgan fingerprint density at radius 2 is 1.68 bits per heavy atom. The number of para-hydroxylation sites is 1. The van der Waals surface area contributed by atoms with Crippen LogP contribution in [0.15, 0.2) is 48.5 Å². The lowest BCUT2D eigenvalue weighted by molar-refractivity contribution is -0.838. The van der Waals surface area contributed by atoms with E-state index < -0.39 is 0 Å². The first-order valence-electron chi connectivity index (χ1n) is 7.31. The quantitative estimate of drug-likeness (QED) is 0.842. The monoisotopic (exact) mass is 316 g/mol. The van der Waals surface area contributed by atoms with E-state index in [1.54, 1.807) is 18.2 Å². The lowest BCUT2D eigenvalue weighted by Crippen LogP contribution is -3.10. The minimum absolute atomic E-state index is 0.0135. The number of hydrogen-bond donors (Lipinski definition) is 1. The van der Waals surface area contributed by atoms with Gasteiger partial charge in [-0.05, 0) is 6.07 Å².